The molecule has 0 aromatic carbocycles. The van der Waals surface area contributed by atoms with E-state index in [1.54, 1.807) is 0 Å². The zero-order valence-corrected chi connectivity index (χ0v) is 12.4. The lowest BCUT2D eigenvalue weighted by molar-refractivity contribution is -0.112. The van der Waals surface area contributed by atoms with Crippen molar-refractivity contribution in [2.24, 2.45) is 5.92 Å². The molecule has 3 heteroatoms. The molecule has 0 radical (unpaired) electrons. The number of hydrogen-bond donors (Lipinski definition) is 0. The Bertz CT molecular complexity index is 235. The van der Waals surface area contributed by atoms with Crippen molar-refractivity contribution in [1.82, 2.24) is 0 Å². The van der Waals surface area contributed by atoms with Crippen molar-refractivity contribution in [3.8, 4) is 0 Å². The second kappa shape index (κ2) is 5.01. The number of carbonyl (C=O) groups is 1. The lowest BCUT2D eigenvalue weighted by atomic mass is 9.89. The molecule has 0 saturated heterocycles. The minimum absolute atomic E-state index is 0.286. The molecule has 94 valence electrons. The molecular weight excluding hydrogens is 216 g/mol. The van der Waals surface area contributed by atoms with E-state index < -0.39 is 8.32 Å². The highest BCUT2D eigenvalue weighted by Crippen LogP contribution is 2.39. The number of rotatable bonds is 3. The summed E-state index contributed by atoms with van der Waals surface area (Å²) in [6.07, 6.45) is 5.68. The Morgan fingerprint density at radius 3 is 2.00 bits per heavy atom. The van der Waals surface area contributed by atoms with Crippen molar-refractivity contribution in [2.75, 3.05) is 0 Å². The highest BCUT2D eigenvalue weighted by Gasteiger charge is 2.39. The quantitative estimate of drug-likeness (QED) is 0.556. The van der Waals surface area contributed by atoms with Gasteiger partial charge in [0.15, 0.2) is 8.32 Å². The Labute approximate surface area is 101 Å². The van der Waals surface area contributed by atoms with E-state index in [-0.39, 0.29) is 5.04 Å². The second-order valence-electron chi connectivity index (χ2n) is 6.55. The van der Waals surface area contributed by atoms with Gasteiger partial charge >= 0.3 is 0 Å². The third kappa shape index (κ3) is 3.42. The van der Waals surface area contributed by atoms with Crippen LogP contribution in [0.2, 0.25) is 18.1 Å². The standard InChI is InChI=1S/C13H26O2Si/c1-13(2,3)16(4,5)15-12-8-6-11(10-14)7-9-12/h10-12H,6-9H2,1-5H3. The normalized spacial score (nSPS) is 27.8. The summed E-state index contributed by atoms with van der Waals surface area (Å²) in [5, 5.41) is 0.286. The number of carbonyl (C=O) groups excluding carboxylic acids is 1. The third-order valence-corrected chi connectivity index (χ3v) is 8.71. The monoisotopic (exact) mass is 242 g/mol. The summed E-state index contributed by atoms with van der Waals surface area (Å²) in [5.74, 6) is 0.291. The van der Waals surface area contributed by atoms with E-state index in [2.05, 4.69) is 33.9 Å². The first-order valence-corrected chi connectivity index (χ1v) is 9.30. The molecule has 1 saturated carbocycles. The molecule has 1 fully saturated rings. The molecule has 0 aromatic heterocycles. The molecule has 2 nitrogen and oxygen atoms in total. The lowest BCUT2D eigenvalue weighted by Gasteiger charge is -2.40. The maximum absolute atomic E-state index is 10.7. The first kappa shape index (κ1) is 13.9. The van der Waals surface area contributed by atoms with E-state index in [1.807, 2.05) is 0 Å². The first-order valence-electron chi connectivity index (χ1n) is 6.39. The molecule has 0 aromatic rings. The minimum Gasteiger partial charge on any atom is -0.414 e. The largest absolute Gasteiger partial charge is 0.414 e. The Kier molecular flexibility index (Phi) is 4.35. The summed E-state index contributed by atoms with van der Waals surface area (Å²) < 4.78 is 6.36. The molecule has 0 amide bonds. The van der Waals surface area contributed by atoms with Crippen molar-refractivity contribution in [1.29, 1.82) is 0 Å². The fourth-order valence-electron chi connectivity index (χ4n) is 1.94. The van der Waals surface area contributed by atoms with Crippen LogP contribution in [0.15, 0.2) is 0 Å². The maximum Gasteiger partial charge on any atom is 0.192 e. The Morgan fingerprint density at radius 2 is 1.62 bits per heavy atom. The van der Waals surface area contributed by atoms with Crippen LogP contribution in [0.1, 0.15) is 46.5 Å². The lowest BCUT2D eigenvalue weighted by Crippen LogP contribution is -2.44. The summed E-state index contributed by atoms with van der Waals surface area (Å²) in [4.78, 5) is 10.7. The van der Waals surface area contributed by atoms with Crippen LogP contribution in [0.3, 0.4) is 0 Å². The predicted molar refractivity (Wildman–Crippen MR) is 70.1 cm³/mol. The average molecular weight is 242 g/mol. The van der Waals surface area contributed by atoms with Crippen molar-refractivity contribution >= 4 is 14.6 Å². The van der Waals surface area contributed by atoms with Gasteiger partial charge in [-0.3, -0.25) is 0 Å². The van der Waals surface area contributed by atoms with Crippen molar-refractivity contribution in [3.05, 3.63) is 0 Å². The van der Waals surface area contributed by atoms with Crippen LogP contribution < -0.4 is 0 Å². The van der Waals surface area contributed by atoms with Gasteiger partial charge in [-0.05, 0) is 43.8 Å². The smallest absolute Gasteiger partial charge is 0.192 e. The van der Waals surface area contributed by atoms with E-state index >= 15 is 0 Å². The summed E-state index contributed by atoms with van der Waals surface area (Å²) in [7, 11) is -1.61. The Balaban J connectivity index is 2.47. The molecule has 1 aliphatic rings. The molecule has 1 aliphatic carbocycles. The van der Waals surface area contributed by atoms with E-state index in [0.717, 1.165) is 32.0 Å². The average Bonchev–Trinajstić information content (AvgIpc) is 2.16. The molecule has 0 N–H and O–H groups in total. The van der Waals surface area contributed by atoms with Gasteiger partial charge in [-0.25, -0.2) is 0 Å². The van der Waals surface area contributed by atoms with Gasteiger partial charge in [-0.15, -0.1) is 0 Å². The first-order chi connectivity index (χ1) is 7.26. The van der Waals surface area contributed by atoms with Gasteiger partial charge in [0.2, 0.25) is 0 Å². The van der Waals surface area contributed by atoms with Crippen LogP contribution in [-0.4, -0.2) is 20.7 Å². The van der Waals surface area contributed by atoms with Gasteiger partial charge in [-0.2, -0.15) is 0 Å². The van der Waals surface area contributed by atoms with Crippen LogP contribution in [0, 0.1) is 5.92 Å². The van der Waals surface area contributed by atoms with Gasteiger partial charge < -0.3 is 9.22 Å². The van der Waals surface area contributed by atoms with Gasteiger partial charge in [0.1, 0.15) is 6.29 Å². The fourth-order valence-corrected chi connectivity index (χ4v) is 3.36. The van der Waals surface area contributed by atoms with Gasteiger partial charge in [-0.1, -0.05) is 20.8 Å². The topological polar surface area (TPSA) is 26.3 Å². The zero-order valence-electron chi connectivity index (χ0n) is 11.4. The van der Waals surface area contributed by atoms with Crippen LogP contribution in [0.5, 0.6) is 0 Å². The van der Waals surface area contributed by atoms with Gasteiger partial charge in [0, 0.05) is 12.0 Å². The molecular formula is C13H26O2Si. The van der Waals surface area contributed by atoms with Crippen molar-refractivity contribution in [3.63, 3.8) is 0 Å². The van der Waals surface area contributed by atoms with E-state index in [1.165, 1.54) is 0 Å². The Morgan fingerprint density at radius 1 is 1.12 bits per heavy atom. The molecule has 0 bridgehead atoms. The minimum atomic E-state index is -1.61. The molecule has 0 unspecified atom stereocenters. The highest BCUT2D eigenvalue weighted by atomic mass is 28.4. The van der Waals surface area contributed by atoms with Crippen molar-refractivity contribution < 1.29 is 9.22 Å². The molecule has 16 heavy (non-hydrogen) atoms. The Hall–Kier alpha value is -0.153. The van der Waals surface area contributed by atoms with Crippen LogP contribution in [0.25, 0.3) is 0 Å². The van der Waals surface area contributed by atoms with Gasteiger partial charge in [0.05, 0.1) is 0 Å². The van der Waals surface area contributed by atoms with E-state index in [4.69, 9.17) is 4.43 Å². The summed E-state index contributed by atoms with van der Waals surface area (Å²) in [6.45, 7) is 11.4. The number of aldehydes is 1. The SMILES string of the molecule is CC(C)(C)[Si](C)(C)OC1CCC(C=O)CC1. The van der Waals surface area contributed by atoms with Crippen LogP contribution in [0.4, 0.5) is 0 Å². The highest BCUT2D eigenvalue weighted by molar-refractivity contribution is 6.74. The molecule has 0 spiro atoms. The zero-order chi connectivity index (χ0) is 12.4. The van der Waals surface area contributed by atoms with Gasteiger partial charge in [0.25, 0.3) is 0 Å². The molecule has 0 heterocycles. The van der Waals surface area contributed by atoms with Crippen LogP contribution >= 0.6 is 0 Å². The number of hydrogen-bond acceptors (Lipinski definition) is 2. The molecule has 0 atom stereocenters. The van der Waals surface area contributed by atoms with E-state index in [9.17, 15) is 4.79 Å². The maximum atomic E-state index is 10.7. The second-order valence-corrected chi connectivity index (χ2v) is 11.3. The summed E-state index contributed by atoms with van der Waals surface area (Å²) in [6, 6.07) is 0. The predicted octanol–water partition coefficient (Wildman–Crippen LogP) is 3.77. The van der Waals surface area contributed by atoms with Crippen LogP contribution in [-0.2, 0) is 9.22 Å². The summed E-state index contributed by atoms with van der Waals surface area (Å²) in [5.41, 5.74) is 0. The molecule has 1 rings (SSSR count). The van der Waals surface area contributed by atoms with E-state index in [0.29, 0.717) is 12.0 Å². The fraction of sp³-hybridized carbons (Fsp3) is 0.923. The summed E-state index contributed by atoms with van der Waals surface area (Å²) >= 11 is 0. The third-order valence-electron chi connectivity index (χ3n) is 4.18. The van der Waals surface area contributed by atoms with Crippen molar-refractivity contribution in [2.45, 2.75) is 70.7 Å². The molecule has 0 aliphatic heterocycles.